The molecule has 0 atom stereocenters. The molecule has 0 aliphatic heterocycles. The fourth-order valence-electron chi connectivity index (χ4n) is 2.71. The number of benzene rings is 2. The van der Waals surface area contributed by atoms with E-state index in [2.05, 4.69) is 13.8 Å². The minimum absolute atomic E-state index is 0.0964. The van der Waals surface area contributed by atoms with Crippen molar-refractivity contribution in [1.29, 1.82) is 0 Å². The lowest BCUT2D eigenvalue weighted by molar-refractivity contribution is 0.0700. The highest BCUT2D eigenvalue weighted by Gasteiger charge is 2.27. The van der Waals surface area contributed by atoms with E-state index < -0.39 is 5.60 Å². The van der Waals surface area contributed by atoms with Gasteiger partial charge in [0.1, 0.15) is 17.1 Å². The molecule has 0 aliphatic carbocycles. The number of aldehydes is 2. The van der Waals surface area contributed by atoms with Crippen LogP contribution in [0.4, 0.5) is 0 Å². The maximum absolute atomic E-state index is 11.2. The van der Waals surface area contributed by atoms with Crippen molar-refractivity contribution in [2.45, 2.75) is 46.1 Å². The van der Waals surface area contributed by atoms with E-state index in [1.54, 1.807) is 12.1 Å². The van der Waals surface area contributed by atoms with Crippen LogP contribution in [0.5, 0.6) is 11.5 Å². The molecule has 0 saturated heterocycles. The summed E-state index contributed by atoms with van der Waals surface area (Å²) in [6, 6.07) is 14.5. The molecule has 2 rings (SSSR count). The number of rotatable bonds is 10. The summed E-state index contributed by atoms with van der Waals surface area (Å²) in [6.07, 6.45) is 3.29. The fraction of sp³-hybridized carbons (Fsp3) is 0.391. The Hall–Kier alpha value is -2.62. The van der Waals surface area contributed by atoms with Gasteiger partial charge in [-0.1, -0.05) is 38.1 Å². The van der Waals surface area contributed by atoms with Crippen LogP contribution in [0.2, 0.25) is 0 Å². The van der Waals surface area contributed by atoms with Gasteiger partial charge in [-0.25, -0.2) is 0 Å². The van der Waals surface area contributed by atoms with E-state index in [4.69, 9.17) is 9.47 Å². The summed E-state index contributed by atoms with van der Waals surface area (Å²) in [5.41, 5.74) is 0.596. The van der Waals surface area contributed by atoms with E-state index in [-0.39, 0.29) is 5.41 Å². The van der Waals surface area contributed by atoms with E-state index >= 15 is 0 Å². The second kappa shape index (κ2) is 8.85. The summed E-state index contributed by atoms with van der Waals surface area (Å²) in [4.78, 5) is 22.3. The van der Waals surface area contributed by atoms with Crippen LogP contribution >= 0.6 is 0 Å². The zero-order valence-corrected chi connectivity index (χ0v) is 16.5. The molecule has 2 aromatic rings. The van der Waals surface area contributed by atoms with Crippen molar-refractivity contribution in [3.05, 3.63) is 59.7 Å². The monoisotopic (exact) mass is 368 g/mol. The molecule has 0 heterocycles. The summed E-state index contributed by atoms with van der Waals surface area (Å²) < 4.78 is 12.0. The Morgan fingerprint density at radius 1 is 0.778 bits per heavy atom. The van der Waals surface area contributed by atoms with Gasteiger partial charge >= 0.3 is 0 Å². The zero-order valence-electron chi connectivity index (χ0n) is 16.5. The molecule has 0 amide bonds. The molecule has 0 bridgehead atoms. The van der Waals surface area contributed by atoms with Crippen LogP contribution in [-0.2, 0) is 0 Å². The molecule has 0 radical (unpaired) electrons. The maximum atomic E-state index is 11.2. The van der Waals surface area contributed by atoms with Gasteiger partial charge < -0.3 is 9.47 Å². The van der Waals surface area contributed by atoms with Gasteiger partial charge in [0.2, 0.25) is 0 Å². The highest BCUT2D eigenvalue weighted by molar-refractivity contribution is 5.79. The fourth-order valence-corrected chi connectivity index (χ4v) is 2.71. The molecule has 0 unspecified atom stereocenters. The van der Waals surface area contributed by atoms with Crippen molar-refractivity contribution in [3.8, 4) is 11.5 Å². The second-order valence-electron chi connectivity index (χ2n) is 8.13. The number of ether oxygens (including phenoxy) is 2. The average Bonchev–Trinajstić information content (AvgIpc) is 2.65. The number of hydrogen-bond acceptors (Lipinski definition) is 4. The standard InChI is InChI=1S/C23H28O4/c1-22(2,17-26-20-11-7-5-9-18(20)15-24)13-14-23(3,4)27-21-12-8-6-10-19(21)16-25/h5-12,15-16H,13-14,17H2,1-4H3. The number of para-hydroxylation sites is 2. The Labute approximate surface area is 161 Å². The summed E-state index contributed by atoms with van der Waals surface area (Å²) in [6.45, 7) is 8.80. The zero-order chi connectivity index (χ0) is 19.9. The minimum atomic E-state index is -0.420. The van der Waals surface area contributed by atoms with Gasteiger partial charge in [0.25, 0.3) is 0 Å². The summed E-state index contributed by atoms with van der Waals surface area (Å²) in [5, 5.41) is 0. The molecule has 0 saturated carbocycles. The van der Waals surface area contributed by atoms with Crippen molar-refractivity contribution < 1.29 is 19.1 Å². The van der Waals surface area contributed by atoms with E-state index in [0.717, 1.165) is 25.4 Å². The van der Waals surface area contributed by atoms with E-state index in [1.807, 2.05) is 50.2 Å². The first-order valence-corrected chi connectivity index (χ1v) is 9.17. The molecule has 27 heavy (non-hydrogen) atoms. The molecule has 144 valence electrons. The summed E-state index contributed by atoms with van der Waals surface area (Å²) in [7, 11) is 0. The van der Waals surface area contributed by atoms with Crippen molar-refractivity contribution in [2.75, 3.05) is 6.61 Å². The molecule has 0 N–H and O–H groups in total. The van der Waals surface area contributed by atoms with Crippen LogP contribution in [0, 0.1) is 5.41 Å². The molecule has 0 fully saturated rings. The first-order valence-electron chi connectivity index (χ1n) is 9.17. The van der Waals surface area contributed by atoms with Crippen LogP contribution in [0.1, 0.15) is 61.3 Å². The van der Waals surface area contributed by atoms with E-state index in [9.17, 15) is 9.59 Å². The molecule has 4 heteroatoms. The molecule has 2 aromatic carbocycles. The average molecular weight is 368 g/mol. The first-order chi connectivity index (χ1) is 12.8. The molecule has 0 spiro atoms. The third kappa shape index (κ3) is 6.24. The van der Waals surface area contributed by atoms with E-state index in [0.29, 0.717) is 29.2 Å². The third-order valence-corrected chi connectivity index (χ3v) is 4.50. The summed E-state index contributed by atoms with van der Waals surface area (Å²) >= 11 is 0. The smallest absolute Gasteiger partial charge is 0.153 e. The van der Waals surface area contributed by atoms with Gasteiger partial charge in [0, 0.05) is 0 Å². The number of carbonyl (C=O) groups is 2. The Kier molecular flexibility index (Phi) is 6.78. The molecular formula is C23H28O4. The van der Waals surface area contributed by atoms with Crippen LogP contribution < -0.4 is 9.47 Å². The largest absolute Gasteiger partial charge is 0.492 e. The van der Waals surface area contributed by atoms with Gasteiger partial charge in [0.15, 0.2) is 12.6 Å². The minimum Gasteiger partial charge on any atom is -0.492 e. The van der Waals surface area contributed by atoms with Crippen LogP contribution in [0.25, 0.3) is 0 Å². The quantitative estimate of drug-likeness (QED) is 0.530. The SMILES string of the molecule is CC(C)(CCC(C)(C)Oc1ccccc1C=O)COc1ccccc1C=O. The molecular weight excluding hydrogens is 340 g/mol. The lowest BCUT2D eigenvalue weighted by Crippen LogP contribution is -2.32. The van der Waals surface area contributed by atoms with Crippen molar-refractivity contribution in [2.24, 2.45) is 5.41 Å². The summed E-state index contributed by atoms with van der Waals surface area (Å²) in [5.74, 6) is 1.21. The highest BCUT2D eigenvalue weighted by Crippen LogP contribution is 2.31. The van der Waals surface area contributed by atoms with Gasteiger partial charge in [-0.3, -0.25) is 9.59 Å². The van der Waals surface area contributed by atoms with Gasteiger partial charge in [0.05, 0.1) is 17.7 Å². The van der Waals surface area contributed by atoms with Crippen molar-refractivity contribution in [1.82, 2.24) is 0 Å². The van der Waals surface area contributed by atoms with Crippen molar-refractivity contribution >= 4 is 12.6 Å². The molecule has 4 nitrogen and oxygen atoms in total. The van der Waals surface area contributed by atoms with Gasteiger partial charge in [-0.2, -0.15) is 0 Å². The van der Waals surface area contributed by atoms with Gasteiger partial charge in [-0.15, -0.1) is 0 Å². The number of hydrogen-bond donors (Lipinski definition) is 0. The topological polar surface area (TPSA) is 52.6 Å². The number of carbonyl (C=O) groups excluding carboxylic acids is 2. The van der Waals surface area contributed by atoms with Crippen LogP contribution in [0.3, 0.4) is 0 Å². The highest BCUT2D eigenvalue weighted by atomic mass is 16.5. The van der Waals surface area contributed by atoms with Crippen molar-refractivity contribution in [3.63, 3.8) is 0 Å². The third-order valence-electron chi connectivity index (χ3n) is 4.50. The predicted octanol–water partition coefficient (Wildman–Crippen LogP) is 5.35. The first kappa shape index (κ1) is 20.7. The lowest BCUT2D eigenvalue weighted by atomic mass is 9.84. The maximum Gasteiger partial charge on any atom is 0.153 e. The normalized spacial score (nSPS) is 11.7. The van der Waals surface area contributed by atoms with Crippen LogP contribution in [0.15, 0.2) is 48.5 Å². The predicted molar refractivity (Wildman–Crippen MR) is 107 cm³/mol. The lowest BCUT2D eigenvalue weighted by Gasteiger charge is -2.32. The van der Waals surface area contributed by atoms with E-state index in [1.165, 1.54) is 0 Å². The molecule has 0 aliphatic rings. The Balaban J connectivity index is 1.94. The van der Waals surface area contributed by atoms with Gasteiger partial charge in [-0.05, 0) is 56.4 Å². The Morgan fingerprint density at radius 3 is 1.89 bits per heavy atom. The molecule has 0 aromatic heterocycles. The Morgan fingerprint density at radius 2 is 1.30 bits per heavy atom. The second-order valence-corrected chi connectivity index (χ2v) is 8.13. The van der Waals surface area contributed by atoms with Crippen LogP contribution in [-0.4, -0.2) is 24.8 Å². The Bertz CT molecular complexity index is 777.